The first-order valence-corrected chi connectivity index (χ1v) is 4.95. The number of aliphatic hydroxyl groups is 1. The number of hydrogen-bond acceptors (Lipinski definition) is 4. The predicted octanol–water partition coefficient (Wildman–Crippen LogP) is 1.63. The first-order valence-electron chi connectivity index (χ1n) is 4.95. The van der Waals surface area contributed by atoms with Gasteiger partial charge in [-0.1, -0.05) is 0 Å². The highest BCUT2D eigenvalue weighted by molar-refractivity contribution is 5.48. The molecule has 0 saturated heterocycles. The van der Waals surface area contributed by atoms with Crippen LogP contribution in [0.3, 0.4) is 0 Å². The van der Waals surface area contributed by atoms with Gasteiger partial charge in [-0.3, -0.25) is 0 Å². The zero-order valence-corrected chi connectivity index (χ0v) is 9.61. The molecule has 17 heavy (non-hydrogen) atoms. The molecule has 4 nitrogen and oxygen atoms in total. The van der Waals surface area contributed by atoms with E-state index in [1.165, 1.54) is 26.4 Å². The standard InChI is InChI=1S/C11H15F2NO3/c1-16-9-4-7(11(12)13)10(17-2)3-6(9)8(14)5-15/h3-4,8,11,15H,5,14H2,1-2H3. The molecule has 1 aromatic rings. The second kappa shape index (κ2) is 5.79. The first kappa shape index (κ1) is 13.7. The monoisotopic (exact) mass is 247 g/mol. The summed E-state index contributed by atoms with van der Waals surface area (Å²) in [6, 6.07) is 1.83. The molecule has 0 aliphatic carbocycles. The van der Waals surface area contributed by atoms with Crippen LogP contribution < -0.4 is 15.2 Å². The van der Waals surface area contributed by atoms with Crippen LogP contribution in [-0.4, -0.2) is 25.9 Å². The van der Waals surface area contributed by atoms with Crippen LogP contribution in [0.5, 0.6) is 11.5 Å². The number of benzene rings is 1. The lowest BCUT2D eigenvalue weighted by Crippen LogP contribution is -2.16. The van der Waals surface area contributed by atoms with Crippen molar-refractivity contribution < 1.29 is 23.4 Å². The van der Waals surface area contributed by atoms with Crippen molar-refractivity contribution in [3.05, 3.63) is 23.3 Å². The van der Waals surface area contributed by atoms with Crippen molar-refractivity contribution in [3.63, 3.8) is 0 Å². The molecule has 0 fully saturated rings. The molecule has 1 unspecified atom stereocenters. The predicted molar refractivity (Wildman–Crippen MR) is 58.5 cm³/mol. The van der Waals surface area contributed by atoms with E-state index in [4.69, 9.17) is 20.3 Å². The summed E-state index contributed by atoms with van der Waals surface area (Å²) in [4.78, 5) is 0. The average molecular weight is 247 g/mol. The molecule has 0 aromatic heterocycles. The van der Waals surface area contributed by atoms with Crippen LogP contribution in [0.25, 0.3) is 0 Å². The molecule has 0 heterocycles. The third-order valence-corrected chi connectivity index (χ3v) is 2.41. The van der Waals surface area contributed by atoms with Gasteiger partial charge in [0.1, 0.15) is 11.5 Å². The maximum atomic E-state index is 12.7. The van der Waals surface area contributed by atoms with Crippen LogP contribution >= 0.6 is 0 Å². The van der Waals surface area contributed by atoms with Gasteiger partial charge in [0.25, 0.3) is 6.43 Å². The summed E-state index contributed by atoms with van der Waals surface area (Å²) >= 11 is 0. The van der Waals surface area contributed by atoms with Gasteiger partial charge < -0.3 is 20.3 Å². The van der Waals surface area contributed by atoms with Crippen molar-refractivity contribution in [2.75, 3.05) is 20.8 Å². The van der Waals surface area contributed by atoms with E-state index in [-0.39, 0.29) is 23.7 Å². The van der Waals surface area contributed by atoms with Gasteiger partial charge in [0, 0.05) is 5.56 Å². The molecule has 1 aromatic carbocycles. The van der Waals surface area contributed by atoms with E-state index >= 15 is 0 Å². The fourth-order valence-corrected chi connectivity index (χ4v) is 1.50. The highest BCUT2D eigenvalue weighted by Crippen LogP contribution is 2.36. The van der Waals surface area contributed by atoms with E-state index in [0.717, 1.165) is 0 Å². The number of nitrogens with two attached hydrogens (primary N) is 1. The summed E-state index contributed by atoms with van der Waals surface area (Å²) < 4.78 is 35.3. The quantitative estimate of drug-likeness (QED) is 0.830. The van der Waals surface area contributed by atoms with Crippen LogP contribution in [-0.2, 0) is 0 Å². The summed E-state index contributed by atoms with van der Waals surface area (Å²) in [6.45, 7) is -0.312. The Kier molecular flexibility index (Phi) is 4.65. The van der Waals surface area contributed by atoms with Crippen LogP contribution in [0, 0.1) is 0 Å². The lowest BCUT2D eigenvalue weighted by molar-refractivity contribution is 0.146. The normalized spacial score (nSPS) is 12.6. The van der Waals surface area contributed by atoms with Gasteiger partial charge in [-0.2, -0.15) is 0 Å². The Hall–Kier alpha value is -1.40. The van der Waals surface area contributed by atoms with E-state index in [1.54, 1.807) is 0 Å². The Morgan fingerprint density at radius 3 is 2.06 bits per heavy atom. The van der Waals surface area contributed by atoms with Crippen molar-refractivity contribution in [1.82, 2.24) is 0 Å². The van der Waals surface area contributed by atoms with E-state index in [1.807, 2.05) is 0 Å². The number of hydrogen-bond donors (Lipinski definition) is 2. The van der Waals surface area contributed by atoms with Crippen molar-refractivity contribution in [2.24, 2.45) is 5.73 Å². The molecule has 6 heteroatoms. The molecule has 0 bridgehead atoms. The summed E-state index contributed by atoms with van der Waals surface area (Å²) in [6.07, 6.45) is -2.67. The molecule has 0 saturated carbocycles. The minimum Gasteiger partial charge on any atom is -0.496 e. The Morgan fingerprint density at radius 2 is 1.65 bits per heavy atom. The Bertz CT molecular complexity index is 385. The summed E-state index contributed by atoms with van der Waals surface area (Å²) in [5.74, 6) is 0.238. The number of alkyl halides is 2. The van der Waals surface area contributed by atoms with Gasteiger partial charge in [0.15, 0.2) is 0 Å². The third kappa shape index (κ3) is 2.83. The summed E-state index contributed by atoms with van der Waals surface area (Å²) in [5, 5.41) is 8.98. The molecular formula is C11H15F2NO3. The van der Waals surface area contributed by atoms with Gasteiger partial charge >= 0.3 is 0 Å². The second-order valence-electron chi connectivity index (χ2n) is 3.43. The molecule has 0 aliphatic heterocycles. The van der Waals surface area contributed by atoms with Gasteiger partial charge in [-0.05, 0) is 12.1 Å². The second-order valence-corrected chi connectivity index (χ2v) is 3.43. The molecular weight excluding hydrogens is 232 g/mol. The first-order chi connectivity index (χ1) is 8.04. The zero-order chi connectivity index (χ0) is 13.0. The molecule has 0 aliphatic rings. The highest BCUT2D eigenvalue weighted by Gasteiger charge is 2.20. The fraction of sp³-hybridized carbons (Fsp3) is 0.455. The number of aliphatic hydroxyl groups excluding tert-OH is 1. The van der Waals surface area contributed by atoms with Crippen molar-refractivity contribution in [2.45, 2.75) is 12.5 Å². The van der Waals surface area contributed by atoms with Crippen LogP contribution in [0.15, 0.2) is 12.1 Å². The molecule has 1 rings (SSSR count). The van der Waals surface area contributed by atoms with Crippen molar-refractivity contribution >= 4 is 0 Å². The molecule has 1 atom stereocenters. The summed E-state index contributed by atoms with van der Waals surface area (Å²) in [5.41, 5.74) is 5.81. The maximum absolute atomic E-state index is 12.7. The van der Waals surface area contributed by atoms with Crippen molar-refractivity contribution in [3.8, 4) is 11.5 Å². The third-order valence-electron chi connectivity index (χ3n) is 2.41. The molecule has 0 radical (unpaired) electrons. The topological polar surface area (TPSA) is 64.7 Å². The Balaban J connectivity index is 3.32. The van der Waals surface area contributed by atoms with Crippen molar-refractivity contribution in [1.29, 1.82) is 0 Å². The number of rotatable bonds is 5. The van der Waals surface area contributed by atoms with Gasteiger partial charge in [-0.15, -0.1) is 0 Å². The SMILES string of the molecule is COc1cc(C(N)CO)c(OC)cc1C(F)F. The smallest absolute Gasteiger partial charge is 0.267 e. The largest absolute Gasteiger partial charge is 0.496 e. The zero-order valence-electron chi connectivity index (χ0n) is 9.61. The molecule has 3 N–H and O–H groups in total. The van der Waals surface area contributed by atoms with Gasteiger partial charge in [-0.25, -0.2) is 8.78 Å². The number of halogens is 2. The van der Waals surface area contributed by atoms with Gasteiger partial charge in [0.05, 0.1) is 32.4 Å². The number of ether oxygens (including phenoxy) is 2. The van der Waals surface area contributed by atoms with E-state index < -0.39 is 12.5 Å². The van der Waals surface area contributed by atoms with E-state index in [2.05, 4.69) is 0 Å². The molecule has 0 amide bonds. The van der Waals surface area contributed by atoms with E-state index in [0.29, 0.717) is 5.56 Å². The lowest BCUT2D eigenvalue weighted by atomic mass is 10.0. The molecule has 0 spiro atoms. The minimum absolute atomic E-state index is 0.0275. The van der Waals surface area contributed by atoms with Gasteiger partial charge in [0.2, 0.25) is 0 Å². The number of methoxy groups -OCH3 is 2. The fourth-order valence-electron chi connectivity index (χ4n) is 1.50. The highest BCUT2D eigenvalue weighted by atomic mass is 19.3. The molecule has 96 valence electrons. The summed E-state index contributed by atoms with van der Waals surface area (Å²) in [7, 11) is 2.65. The lowest BCUT2D eigenvalue weighted by Gasteiger charge is -2.17. The van der Waals surface area contributed by atoms with E-state index in [9.17, 15) is 8.78 Å². The van der Waals surface area contributed by atoms with Crippen LogP contribution in [0.4, 0.5) is 8.78 Å². The Labute approximate surface area is 97.9 Å². The van der Waals surface area contributed by atoms with Crippen LogP contribution in [0.2, 0.25) is 0 Å². The minimum atomic E-state index is -2.67. The van der Waals surface area contributed by atoms with Crippen LogP contribution in [0.1, 0.15) is 23.6 Å². The maximum Gasteiger partial charge on any atom is 0.267 e. The average Bonchev–Trinajstić information content (AvgIpc) is 2.35. The Morgan fingerprint density at radius 1 is 1.18 bits per heavy atom.